The summed E-state index contributed by atoms with van der Waals surface area (Å²) < 4.78 is 15.0. The summed E-state index contributed by atoms with van der Waals surface area (Å²) in [7, 11) is 1.83. The molecule has 1 unspecified atom stereocenters. The second-order valence-corrected chi connectivity index (χ2v) is 4.83. The minimum absolute atomic E-state index is 0.219. The number of nitrogens with one attached hydrogen (secondary N) is 1. The van der Waals surface area contributed by atoms with Crippen LogP contribution in [0.2, 0.25) is 5.02 Å². The molecule has 2 aromatic rings. The van der Waals surface area contributed by atoms with E-state index >= 15 is 0 Å². The number of nitrogens with two attached hydrogens (primary N) is 1. The average Bonchev–Trinajstić information content (AvgIpc) is 2.61. The lowest BCUT2D eigenvalue weighted by Gasteiger charge is -2.16. The van der Waals surface area contributed by atoms with Crippen LogP contribution in [0, 0.1) is 12.7 Å². The second-order valence-electron chi connectivity index (χ2n) is 4.45. The van der Waals surface area contributed by atoms with Crippen molar-refractivity contribution in [3.05, 3.63) is 52.1 Å². The Hall–Kier alpha value is -1.43. The van der Waals surface area contributed by atoms with E-state index in [1.54, 1.807) is 10.7 Å². The Bertz CT molecular complexity index is 582. The molecule has 1 aromatic carbocycles. The zero-order valence-corrected chi connectivity index (χ0v) is 11.6. The fourth-order valence-electron chi connectivity index (χ4n) is 2.09. The number of hydrogen-bond donors (Lipinski definition) is 2. The molecule has 1 heterocycles. The highest BCUT2D eigenvalue weighted by Gasteiger charge is 2.18. The van der Waals surface area contributed by atoms with Gasteiger partial charge in [0.1, 0.15) is 5.82 Å². The second kappa shape index (κ2) is 5.69. The van der Waals surface area contributed by atoms with Crippen LogP contribution in [0.15, 0.2) is 24.3 Å². The number of aromatic nitrogens is 2. The molecule has 0 amide bonds. The van der Waals surface area contributed by atoms with Gasteiger partial charge >= 0.3 is 0 Å². The Morgan fingerprint density at radius 3 is 2.79 bits per heavy atom. The predicted octanol–water partition coefficient (Wildman–Crippen LogP) is 2.27. The summed E-state index contributed by atoms with van der Waals surface area (Å²) in [6, 6.07) is 6.12. The standard InChI is InChI=1S/C13H16ClFN4/c1-8-13(14)12(19(2)18-8)7-11(17-16)9-4-3-5-10(15)6-9/h3-6,11,17H,7,16H2,1-2H3. The molecule has 0 aliphatic carbocycles. The lowest BCUT2D eigenvalue weighted by molar-refractivity contribution is 0.525. The van der Waals surface area contributed by atoms with E-state index < -0.39 is 0 Å². The van der Waals surface area contributed by atoms with Gasteiger partial charge in [0.05, 0.1) is 22.5 Å². The molecule has 4 nitrogen and oxygen atoms in total. The molecule has 0 spiro atoms. The van der Waals surface area contributed by atoms with E-state index in [1.807, 2.05) is 20.0 Å². The highest BCUT2D eigenvalue weighted by Crippen LogP contribution is 2.25. The van der Waals surface area contributed by atoms with Crippen molar-refractivity contribution in [3.8, 4) is 0 Å². The minimum Gasteiger partial charge on any atom is -0.271 e. The maximum Gasteiger partial charge on any atom is 0.123 e. The van der Waals surface area contributed by atoms with Crippen LogP contribution in [0.3, 0.4) is 0 Å². The summed E-state index contributed by atoms with van der Waals surface area (Å²) in [6.45, 7) is 1.85. The van der Waals surface area contributed by atoms with Crippen molar-refractivity contribution in [3.63, 3.8) is 0 Å². The summed E-state index contributed by atoms with van der Waals surface area (Å²) in [5.41, 5.74) is 5.11. The van der Waals surface area contributed by atoms with E-state index in [2.05, 4.69) is 10.5 Å². The Balaban J connectivity index is 2.29. The van der Waals surface area contributed by atoms with Crippen LogP contribution in [0.1, 0.15) is 23.0 Å². The van der Waals surface area contributed by atoms with E-state index in [1.165, 1.54) is 12.1 Å². The number of nitrogens with zero attached hydrogens (tertiary/aromatic N) is 2. The van der Waals surface area contributed by atoms with Crippen molar-refractivity contribution < 1.29 is 4.39 Å². The maximum absolute atomic E-state index is 13.3. The average molecular weight is 283 g/mol. The molecule has 0 bridgehead atoms. The van der Waals surface area contributed by atoms with E-state index in [4.69, 9.17) is 17.4 Å². The molecule has 3 N–H and O–H groups in total. The molecule has 0 fully saturated rings. The summed E-state index contributed by atoms with van der Waals surface area (Å²) in [5.74, 6) is 5.28. The topological polar surface area (TPSA) is 55.9 Å². The van der Waals surface area contributed by atoms with Crippen molar-refractivity contribution in [1.29, 1.82) is 0 Å². The first-order chi connectivity index (χ1) is 9.02. The SMILES string of the molecule is Cc1nn(C)c(CC(NN)c2cccc(F)c2)c1Cl. The number of halogens is 2. The third-order valence-electron chi connectivity index (χ3n) is 3.11. The third-order valence-corrected chi connectivity index (χ3v) is 3.60. The number of rotatable bonds is 4. The Morgan fingerprint density at radius 2 is 2.26 bits per heavy atom. The van der Waals surface area contributed by atoms with Crippen LogP contribution in [0.5, 0.6) is 0 Å². The van der Waals surface area contributed by atoms with Gasteiger partial charge in [-0.3, -0.25) is 16.0 Å². The predicted molar refractivity (Wildman–Crippen MR) is 73.1 cm³/mol. The van der Waals surface area contributed by atoms with Gasteiger partial charge in [0.15, 0.2) is 0 Å². The maximum atomic E-state index is 13.3. The van der Waals surface area contributed by atoms with Crippen LogP contribution >= 0.6 is 11.6 Å². The van der Waals surface area contributed by atoms with Crippen LogP contribution in [-0.4, -0.2) is 9.78 Å². The van der Waals surface area contributed by atoms with Gasteiger partial charge in [-0.25, -0.2) is 4.39 Å². The van der Waals surface area contributed by atoms with Gasteiger partial charge in [-0.2, -0.15) is 5.10 Å². The van der Waals surface area contributed by atoms with Crippen molar-refractivity contribution >= 4 is 11.6 Å². The fourth-order valence-corrected chi connectivity index (χ4v) is 2.33. The first-order valence-corrected chi connectivity index (χ1v) is 6.30. The van der Waals surface area contributed by atoms with Crippen LogP contribution in [-0.2, 0) is 13.5 Å². The normalized spacial score (nSPS) is 12.7. The number of benzene rings is 1. The molecule has 102 valence electrons. The first-order valence-electron chi connectivity index (χ1n) is 5.92. The lowest BCUT2D eigenvalue weighted by atomic mass is 10.0. The van der Waals surface area contributed by atoms with Gasteiger partial charge in [-0.1, -0.05) is 23.7 Å². The molecule has 0 saturated heterocycles. The summed E-state index contributed by atoms with van der Waals surface area (Å²) in [6.07, 6.45) is 0.538. The summed E-state index contributed by atoms with van der Waals surface area (Å²) >= 11 is 6.21. The first kappa shape index (κ1) is 14.0. The van der Waals surface area contributed by atoms with Crippen LogP contribution in [0.4, 0.5) is 4.39 Å². The van der Waals surface area contributed by atoms with Gasteiger partial charge in [0.25, 0.3) is 0 Å². The van der Waals surface area contributed by atoms with Crippen molar-refractivity contribution in [1.82, 2.24) is 15.2 Å². The van der Waals surface area contributed by atoms with Crippen molar-refractivity contribution in [2.45, 2.75) is 19.4 Å². The summed E-state index contributed by atoms with van der Waals surface area (Å²) in [5, 5.41) is 4.88. The van der Waals surface area contributed by atoms with Crippen molar-refractivity contribution in [2.24, 2.45) is 12.9 Å². The van der Waals surface area contributed by atoms with Crippen LogP contribution < -0.4 is 11.3 Å². The number of aryl methyl sites for hydroxylation is 2. The molecule has 0 aliphatic rings. The third kappa shape index (κ3) is 2.94. The molecule has 19 heavy (non-hydrogen) atoms. The molecule has 0 saturated carbocycles. The largest absolute Gasteiger partial charge is 0.271 e. The van der Waals surface area contributed by atoms with E-state index in [-0.39, 0.29) is 11.9 Å². The summed E-state index contributed by atoms with van der Waals surface area (Å²) in [4.78, 5) is 0. The molecule has 2 rings (SSSR count). The van der Waals surface area contributed by atoms with Gasteiger partial charge in [-0.15, -0.1) is 0 Å². The fraction of sp³-hybridized carbons (Fsp3) is 0.308. The lowest BCUT2D eigenvalue weighted by Crippen LogP contribution is -2.30. The van der Waals surface area contributed by atoms with Crippen molar-refractivity contribution in [2.75, 3.05) is 0 Å². The molecule has 0 aliphatic heterocycles. The highest BCUT2D eigenvalue weighted by molar-refractivity contribution is 6.31. The zero-order valence-electron chi connectivity index (χ0n) is 10.8. The monoisotopic (exact) mass is 282 g/mol. The highest BCUT2D eigenvalue weighted by atomic mass is 35.5. The number of hydrogen-bond acceptors (Lipinski definition) is 3. The smallest absolute Gasteiger partial charge is 0.123 e. The minimum atomic E-state index is -0.287. The van der Waals surface area contributed by atoms with Gasteiger partial charge in [0, 0.05) is 13.5 Å². The molecule has 0 radical (unpaired) electrons. The molecule has 1 aromatic heterocycles. The Morgan fingerprint density at radius 1 is 1.53 bits per heavy atom. The van der Waals surface area contributed by atoms with Crippen LogP contribution in [0.25, 0.3) is 0 Å². The quantitative estimate of drug-likeness (QED) is 0.668. The Labute approximate surface area is 116 Å². The number of hydrazine groups is 1. The Kier molecular flexibility index (Phi) is 4.19. The molecule has 6 heteroatoms. The van der Waals surface area contributed by atoms with Gasteiger partial charge in [-0.05, 0) is 24.6 Å². The molecular formula is C13H16ClFN4. The van der Waals surface area contributed by atoms with E-state index in [0.717, 1.165) is 17.0 Å². The molecular weight excluding hydrogens is 267 g/mol. The van der Waals surface area contributed by atoms with Gasteiger partial charge < -0.3 is 0 Å². The van der Waals surface area contributed by atoms with Gasteiger partial charge in [0.2, 0.25) is 0 Å². The zero-order chi connectivity index (χ0) is 14.0. The van der Waals surface area contributed by atoms with E-state index in [9.17, 15) is 4.39 Å². The molecule has 1 atom stereocenters. The van der Waals surface area contributed by atoms with E-state index in [0.29, 0.717) is 11.4 Å².